The molecule has 0 aliphatic rings. The maximum atomic E-state index is 11.4. The SMILES string of the molecule is N#CCCCOC(=O)c1ccccc1N. The Morgan fingerprint density at radius 1 is 1.47 bits per heavy atom. The fourth-order valence-corrected chi connectivity index (χ4v) is 1.08. The summed E-state index contributed by atoms with van der Waals surface area (Å²) in [6, 6.07) is 8.71. The molecule has 1 aromatic carbocycles. The van der Waals surface area contributed by atoms with Crippen molar-refractivity contribution in [1.29, 1.82) is 5.26 Å². The van der Waals surface area contributed by atoms with E-state index in [1.54, 1.807) is 24.3 Å². The number of rotatable bonds is 4. The van der Waals surface area contributed by atoms with E-state index in [1.165, 1.54) is 0 Å². The van der Waals surface area contributed by atoms with Crippen molar-refractivity contribution in [1.82, 2.24) is 0 Å². The zero-order valence-electron chi connectivity index (χ0n) is 8.27. The number of nitrogen functional groups attached to an aromatic ring is 1. The maximum Gasteiger partial charge on any atom is 0.340 e. The van der Waals surface area contributed by atoms with Crippen LogP contribution < -0.4 is 5.73 Å². The van der Waals surface area contributed by atoms with Gasteiger partial charge < -0.3 is 10.5 Å². The Morgan fingerprint density at radius 3 is 2.87 bits per heavy atom. The normalized spacial score (nSPS) is 9.27. The summed E-state index contributed by atoms with van der Waals surface area (Å²) >= 11 is 0. The molecule has 0 saturated carbocycles. The lowest BCUT2D eigenvalue weighted by molar-refractivity contribution is 0.0503. The Labute approximate surface area is 88.3 Å². The van der Waals surface area contributed by atoms with E-state index in [0.717, 1.165) is 0 Å². The van der Waals surface area contributed by atoms with E-state index in [9.17, 15) is 4.79 Å². The summed E-state index contributed by atoms with van der Waals surface area (Å²) in [5, 5.41) is 8.28. The first-order valence-electron chi connectivity index (χ1n) is 4.64. The Bertz CT molecular complexity index is 382. The van der Waals surface area contributed by atoms with E-state index in [-0.39, 0.29) is 6.61 Å². The van der Waals surface area contributed by atoms with Gasteiger partial charge in [0.05, 0.1) is 18.2 Å². The number of anilines is 1. The van der Waals surface area contributed by atoms with Crippen LogP contribution in [0.2, 0.25) is 0 Å². The Hall–Kier alpha value is -2.02. The van der Waals surface area contributed by atoms with E-state index < -0.39 is 5.97 Å². The predicted molar refractivity (Wildman–Crippen MR) is 56.0 cm³/mol. The number of nitrogens with zero attached hydrogens (tertiary/aromatic N) is 1. The lowest BCUT2D eigenvalue weighted by Crippen LogP contribution is -2.08. The third-order valence-electron chi connectivity index (χ3n) is 1.85. The quantitative estimate of drug-likeness (QED) is 0.460. The van der Waals surface area contributed by atoms with E-state index in [2.05, 4.69) is 0 Å². The molecule has 0 aliphatic carbocycles. The summed E-state index contributed by atoms with van der Waals surface area (Å²) in [6.07, 6.45) is 0.937. The van der Waals surface area contributed by atoms with Crippen LogP contribution in [0.25, 0.3) is 0 Å². The first-order chi connectivity index (χ1) is 7.25. The van der Waals surface area contributed by atoms with Gasteiger partial charge in [0.1, 0.15) is 0 Å². The van der Waals surface area contributed by atoms with Crippen molar-refractivity contribution in [3.8, 4) is 6.07 Å². The van der Waals surface area contributed by atoms with Gasteiger partial charge in [-0.3, -0.25) is 0 Å². The second-order valence-electron chi connectivity index (χ2n) is 2.98. The van der Waals surface area contributed by atoms with Crippen molar-refractivity contribution < 1.29 is 9.53 Å². The van der Waals surface area contributed by atoms with E-state index in [1.807, 2.05) is 6.07 Å². The smallest absolute Gasteiger partial charge is 0.340 e. The number of benzene rings is 1. The van der Waals surface area contributed by atoms with Gasteiger partial charge in [-0.05, 0) is 18.6 Å². The van der Waals surface area contributed by atoms with Crippen molar-refractivity contribution in [2.45, 2.75) is 12.8 Å². The molecule has 0 radical (unpaired) electrons. The summed E-state index contributed by atoms with van der Waals surface area (Å²) in [7, 11) is 0. The summed E-state index contributed by atoms with van der Waals surface area (Å²) in [6.45, 7) is 0.251. The van der Waals surface area contributed by atoms with E-state index >= 15 is 0 Å². The predicted octanol–water partition coefficient (Wildman–Crippen LogP) is 1.73. The molecular formula is C11H12N2O2. The van der Waals surface area contributed by atoms with Gasteiger partial charge in [-0.2, -0.15) is 5.26 Å². The lowest BCUT2D eigenvalue weighted by Gasteiger charge is -2.05. The molecule has 0 amide bonds. The van der Waals surface area contributed by atoms with Crippen LogP contribution in [0.4, 0.5) is 5.69 Å². The third-order valence-corrected chi connectivity index (χ3v) is 1.85. The summed E-state index contributed by atoms with van der Waals surface area (Å²) in [5.74, 6) is -0.439. The highest BCUT2D eigenvalue weighted by Gasteiger charge is 2.09. The summed E-state index contributed by atoms with van der Waals surface area (Å²) in [5.41, 5.74) is 6.37. The largest absolute Gasteiger partial charge is 0.462 e. The number of nitrogens with two attached hydrogens (primary N) is 1. The fraction of sp³-hybridized carbons (Fsp3) is 0.273. The molecule has 1 rings (SSSR count). The molecule has 0 atom stereocenters. The van der Waals surface area contributed by atoms with Crippen LogP contribution >= 0.6 is 0 Å². The number of unbranched alkanes of at least 4 members (excludes halogenated alkanes) is 1. The molecule has 2 N–H and O–H groups in total. The lowest BCUT2D eigenvalue weighted by atomic mass is 10.2. The van der Waals surface area contributed by atoms with Crippen molar-refractivity contribution in [3.05, 3.63) is 29.8 Å². The number of carbonyl (C=O) groups excluding carboxylic acids is 1. The van der Waals surface area contributed by atoms with E-state index in [0.29, 0.717) is 24.1 Å². The van der Waals surface area contributed by atoms with Gasteiger partial charge in [0, 0.05) is 12.1 Å². The van der Waals surface area contributed by atoms with Gasteiger partial charge in [-0.25, -0.2) is 4.79 Å². The number of para-hydroxylation sites is 1. The Balaban J connectivity index is 2.48. The minimum absolute atomic E-state index is 0.251. The van der Waals surface area contributed by atoms with Crippen LogP contribution in [0.3, 0.4) is 0 Å². The van der Waals surface area contributed by atoms with Gasteiger partial charge in [0.2, 0.25) is 0 Å². The highest BCUT2D eigenvalue weighted by molar-refractivity contribution is 5.94. The molecular weight excluding hydrogens is 192 g/mol. The molecule has 0 fully saturated rings. The van der Waals surface area contributed by atoms with Crippen molar-refractivity contribution in [3.63, 3.8) is 0 Å². The number of carbonyl (C=O) groups is 1. The molecule has 1 aromatic rings. The zero-order chi connectivity index (χ0) is 11.1. The minimum Gasteiger partial charge on any atom is -0.462 e. The third kappa shape index (κ3) is 3.31. The van der Waals surface area contributed by atoms with Crippen LogP contribution in [0.5, 0.6) is 0 Å². The molecule has 78 valence electrons. The first kappa shape index (κ1) is 11.1. The summed E-state index contributed by atoms with van der Waals surface area (Å²) in [4.78, 5) is 11.4. The number of hydrogen-bond donors (Lipinski definition) is 1. The molecule has 0 saturated heterocycles. The average Bonchev–Trinajstić information content (AvgIpc) is 2.25. The molecule has 4 heteroatoms. The molecule has 0 unspecified atom stereocenters. The molecule has 0 aromatic heterocycles. The van der Waals surface area contributed by atoms with Crippen molar-refractivity contribution in [2.24, 2.45) is 0 Å². The standard InChI is InChI=1S/C11H12N2O2/c12-7-3-4-8-15-11(14)9-5-1-2-6-10(9)13/h1-2,5-6H,3-4,8,13H2. The molecule has 0 spiro atoms. The van der Waals surface area contributed by atoms with Crippen LogP contribution in [-0.4, -0.2) is 12.6 Å². The molecule has 0 aliphatic heterocycles. The monoisotopic (exact) mass is 204 g/mol. The number of ether oxygens (including phenoxy) is 1. The highest BCUT2D eigenvalue weighted by atomic mass is 16.5. The van der Waals surface area contributed by atoms with Crippen molar-refractivity contribution >= 4 is 11.7 Å². The van der Waals surface area contributed by atoms with E-state index in [4.69, 9.17) is 15.7 Å². The molecule has 15 heavy (non-hydrogen) atoms. The second kappa shape index (κ2) is 5.66. The number of esters is 1. The molecule has 0 heterocycles. The zero-order valence-corrected chi connectivity index (χ0v) is 8.27. The van der Waals surface area contributed by atoms with Crippen molar-refractivity contribution in [2.75, 3.05) is 12.3 Å². The molecule has 0 bridgehead atoms. The Kier molecular flexibility index (Phi) is 4.17. The average molecular weight is 204 g/mol. The van der Waals surface area contributed by atoms with Crippen LogP contribution in [0.1, 0.15) is 23.2 Å². The number of hydrogen-bond acceptors (Lipinski definition) is 4. The minimum atomic E-state index is -0.439. The second-order valence-corrected chi connectivity index (χ2v) is 2.98. The van der Waals surface area contributed by atoms with Gasteiger partial charge in [-0.1, -0.05) is 12.1 Å². The van der Waals surface area contributed by atoms with Crippen LogP contribution in [-0.2, 0) is 4.74 Å². The maximum absolute atomic E-state index is 11.4. The van der Waals surface area contributed by atoms with Gasteiger partial charge in [0.15, 0.2) is 0 Å². The molecule has 4 nitrogen and oxygen atoms in total. The first-order valence-corrected chi connectivity index (χ1v) is 4.64. The fourth-order valence-electron chi connectivity index (χ4n) is 1.08. The van der Waals surface area contributed by atoms with Gasteiger partial charge in [-0.15, -0.1) is 0 Å². The van der Waals surface area contributed by atoms with Gasteiger partial charge >= 0.3 is 5.97 Å². The van der Waals surface area contributed by atoms with Crippen LogP contribution in [0.15, 0.2) is 24.3 Å². The van der Waals surface area contributed by atoms with Gasteiger partial charge in [0.25, 0.3) is 0 Å². The summed E-state index contributed by atoms with van der Waals surface area (Å²) < 4.78 is 4.94. The Morgan fingerprint density at radius 2 is 2.20 bits per heavy atom. The number of nitriles is 1. The topological polar surface area (TPSA) is 76.1 Å². The van der Waals surface area contributed by atoms with Crippen LogP contribution in [0, 0.1) is 11.3 Å². The highest BCUT2D eigenvalue weighted by Crippen LogP contribution is 2.11.